The van der Waals surface area contributed by atoms with Crippen molar-refractivity contribution in [2.45, 2.75) is 40.2 Å². The first-order chi connectivity index (χ1) is 13.5. The maximum Gasteiger partial charge on any atom is 0.220 e. The van der Waals surface area contributed by atoms with E-state index in [0.717, 1.165) is 29.0 Å². The molecule has 0 spiro atoms. The van der Waals surface area contributed by atoms with E-state index in [2.05, 4.69) is 54.0 Å². The highest BCUT2D eigenvalue weighted by Crippen LogP contribution is 2.26. The molecule has 0 fully saturated rings. The second-order valence-corrected chi connectivity index (χ2v) is 7.29. The van der Waals surface area contributed by atoms with Crippen molar-refractivity contribution < 1.29 is 9.53 Å². The summed E-state index contributed by atoms with van der Waals surface area (Å²) >= 11 is 0. The monoisotopic (exact) mass is 379 g/mol. The minimum absolute atomic E-state index is 0.164. The van der Waals surface area contributed by atoms with Gasteiger partial charge in [0.1, 0.15) is 5.82 Å². The average Bonchev–Trinajstić information content (AvgIpc) is 3.03. The van der Waals surface area contributed by atoms with Crippen LogP contribution < -0.4 is 5.73 Å². The molecule has 1 atom stereocenters. The molecule has 0 aliphatic heterocycles. The van der Waals surface area contributed by atoms with Gasteiger partial charge in [-0.15, -0.1) is 0 Å². The van der Waals surface area contributed by atoms with Crippen molar-refractivity contribution in [3.05, 3.63) is 53.9 Å². The van der Waals surface area contributed by atoms with Crippen LogP contribution in [-0.2, 0) is 22.5 Å². The van der Waals surface area contributed by atoms with Crippen LogP contribution >= 0.6 is 0 Å². The van der Waals surface area contributed by atoms with Crippen LogP contribution in [0.5, 0.6) is 0 Å². The fraction of sp³-hybridized carbons (Fsp3) is 0.391. The van der Waals surface area contributed by atoms with Crippen molar-refractivity contribution in [2.75, 3.05) is 13.2 Å². The molecule has 1 aromatic heterocycles. The number of fused-ring (bicyclic) bond motifs is 1. The first-order valence-corrected chi connectivity index (χ1v) is 9.93. The molecule has 2 N–H and O–H groups in total. The van der Waals surface area contributed by atoms with Gasteiger partial charge in [-0.3, -0.25) is 4.79 Å². The second-order valence-electron chi connectivity index (χ2n) is 7.29. The highest BCUT2D eigenvalue weighted by Gasteiger charge is 2.15. The lowest BCUT2D eigenvalue weighted by Gasteiger charge is -2.11. The average molecular weight is 380 g/mol. The molecular weight excluding hydrogens is 350 g/mol. The topological polar surface area (TPSA) is 70.1 Å². The minimum Gasteiger partial charge on any atom is -0.380 e. The summed E-state index contributed by atoms with van der Waals surface area (Å²) in [7, 11) is 0. The molecule has 0 saturated heterocycles. The number of ether oxygens (including phenoxy) is 1. The zero-order chi connectivity index (χ0) is 20.1. The number of carbonyl (C=O) groups is 1. The van der Waals surface area contributed by atoms with Gasteiger partial charge in [0.05, 0.1) is 17.6 Å². The Hall–Kier alpha value is -2.66. The molecule has 0 saturated carbocycles. The van der Waals surface area contributed by atoms with Crippen molar-refractivity contribution in [1.29, 1.82) is 0 Å². The van der Waals surface area contributed by atoms with E-state index in [1.807, 2.05) is 13.8 Å². The van der Waals surface area contributed by atoms with Crippen LogP contribution in [-0.4, -0.2) is 28.7 Å². The lowest BCUT2D eigenvalue weighted by Crippen LogP contribution is -2.21. The highest BCUT2D eigenvalue weighted by molar-refractivity contribution is 5.82. The summed E-state index contributed by atoms with van der Waals surface area (Å²) in [5.41, 5.74) is 11.1. The van der Waals surface area contributed by atoms with E-state index in [9.17, 15) is 4.79 Å². The third-order valence-corrected chi connectivity index (χ3v) is 5.16. The largest absolute Gasteiger partial charge is 0.380 e. The van der Waals surface area contributed by atoms with E-state index in [-0.39, 0.29) is 11.8 Å². The van der Waals surface area contributed by atoms with E-state index in [0.29, 0.717) is 26.1 Å². The van der Waals surface area contributed by atoms with Gasteiger partial charge in [-0.1, -0.05) is 42.8 Å². The van der Waals surface area contributed by atoms with Crippen molar-refractivity contribution in [1.82, 2.24) is 9.55 Å². The van der Waals surface area contributed by atoms with Crippen molar-refractivity contribution in [2.24, 2.45) is 11.7 Å². The first-order valence-electron chi connectivity index (χ1n) is 9.93. The second kappa shape index (κ2) is 9.02. The summed E-state index contributed by atoms with van der Waals surface area (Å²) in [6, 6.07) is 14.9. The lowest BCUT2D eigenvalue weighted by atomic mass is 10.0. The maximum atomic E-state index is 11.4. The number of aryl methyl sites for hydroxylation is 2. The number of amides is 1. The summed E-state index contributed by atoms with van der Waals surface area (Å²) < 4.78 is 7.76. The van der Waals surface area contributed by atoms with Gasteiger partial charge < -0.3 is 15.0 Å². The Morgan fingerprint density at radius 2 is 1.89 bits per heavy atom. The lowest BCUT2D eigenvalue weighted by molar-refractivity contribution is -0.121. The molecule has 0 aliphatic rings. The number of nitrogens with zero attached hydrogens (tertiary/aromatic N) is 2. The summed E-state index contributed by atoms with van der Waals surface area (Å²) in [6.45, 7) is 8.03. The van der Waals surface area contributed by atoms with Crippen LogP contribution in [0.1, 0.15) is 31.7 Å². The van der Waals surface area contributed by atoms with Gasteiger partial charge in [-0.2, -0.15) is 0 Å². The standard InChI is InChI=1S/C23H29N3O2/c1-4-28-14-13-26-21-11-10-19(18-8-5-16(2)6-9-18)15-20(21)25-22(26)12-7-17(3)23(24)27/h5-6,8-11,15,17H,4,7,12-14H2,1-3H3,(H2,24,27)/t17-/m1/s1. The normalized spacial score (nSPS) is 12.4. The smallest absolute Gasteiger partial charge is 0.220 e. The molecule has 3 aromatic rings. The van der Waals surface area contributed by atoms with Crippen LogP contribution in [0.15, 0.2) is 42.5 Å². The summed E-state index contributed by atoms with van der Waals surface area (Å²) in [6.07, 6.45) is 1.41. The van der Waals surface area contributed by atoms with E-state index in [1.54, 1.807) is 0 Å². The van der Waals surface area contributed by atoms with Gasteiger partial charge in [-0.25, -0.2) is 4.98 Å². The molecule has 0 aliphatic carbocycles. The van der Waals surface area contributed by atoms with E-state index < -0.39 is 0 Å². The molecule has 1 amide bonds. The molecule has 3 rings (SSSR count). The van der Waals surface area contributed by atoms with Crippen molar-refractivity contribution in [3.8, 4) is 11.1 Å². The van der Waals surface area contributed by atoms with E-state index >= 15 is 0 Å². The Bertz CT molecular complexity index is 944. The molecule has 0 unspecified atom stereocenters. The molecule has 1 heterocycles. The zero-order valence-electron chi connectivity index (χ0n) is 16.9. The van der Waals surface area contributed by atoms with E-state index in [1.165, 1.54) is 11.1 Å². The predicted octanol–water partition coefficient (Wildman–Crippen LogP) is 4.10. The number of aromatic nitrogens is 2. The third-order valence-electron chi connectivity index (χ3n) is 5.16. The van der Waals surface area contributed by atoms with Crippen LogP contribution in [0.4, 0.5) is 0 Å². The number of rotatable bonds is 9. The maximum absolute atomic E-state index is 11.4. The third kappa shape index (κ3) is 4.60. The van der Waals surface area contributed by atoms with Crippen LogP contribution in [0.2, 0.25) is 0 Å². The number of hydrogen-bond donors (Lipinski definition) is 1. The summed E-state index contributed by atoms with van der Waals surface area (Å²) in [5, 5.41) is 0. The van der Waals surface area contributed by atoms with Crippen LogP contribution in [0.3, 0.4) is 0 Å². The Labute approximate surface area is 166 Å². The molecule has 0 radical (unpaired) electrons. The predicted molar refractivity (Wildman–Crippen MR) is 113 cm³/mol. The number of primary amides is 1. The zero-order valence-corrected chi connectivity index (χ0v) is 16.9. The van der Waals surface area contributed by atoms with Crippen molar-refractivity contribution >= 4 is 16.9 Å². The van der Waals surface area contributed by atoms with Gasteiger partial charge in [0.2, 0.25) is 5.91 Å². The molecule has 5 heteroatoms. The van der Waals surface area contributed by atoms with Gasteiger partial charge in [0.25, 0.3) is 0 Å². The van der Waals surface area contributed by atoms with Gasteiger partial charge in [0.15, 0.2) is 0 Å². The minimum atomic E-state index is -0.265. The quantitative estimate of drug-likeness (QED) is 0.569. The van der Waals surface area contributed by atoms with Crippen molar-refractivity contribution in [3.63, 3.8) is 0 Å². The molecule has 0 bridgehead atoms. The number of nitrogens with two attached hydrogens (primary N) is 1. The van der Waals surface area contributed by atoms with Crippen LogP contribution in [0, 0.1) is 12.8 Å². The number of imidazole rings is 1. The fourth-order valence-electron chi connectivity index (χ4n) is 3.33. The number of hydrogen-bond acceptors (Lipinski definition) is 3. The molecule has 2 aromatic carbocycles. The first kappa shape index (κ1) is 20.1. The summed E-state index contributed by atoms with van der Waals surface area (Å²) in [4.78, 5) is 16.3. The highest BCUT2D eigenvalue weighted by atomic mass is 16.5. The van der Waals surface area contributed by atoms with E-state index in [4.69, 9.17) is 15.5 Å². The van der Waals surface area contributed by atoms with Gasteiger partial charge in [-0.05, 0) is 43.5 Å². The SMILES string of the molecule is CCOCCn1c(CC[C@@H](C)C(N)=O)nc2cc(-c3ccc(C)cc3)ccc21. The number of carbonyl (C=O) groups excluding carboxylic acids is 1. The Balaban J connectivity index is 1.93. The molecule has 148 valence electrons. The Morgan fingerprint density at radius 1 is 1.18 bits per heavy atom. The fourth-order valence-corrected chi connectivity index (χ4v) is 3.33. The summed E-state index contributed by atoms with van der Waals surface area (Å²) in [5.74, 6) is 0.547. The Kier molecular flexibility index (Phi) is 6.47. The van der Waals surface area contributed by atoms with Crippen LogP contribution in [0.25, 0.3) is 22.2 Å². The molecule has 28 heavy (non-hydrogen) atoms. The number of benzene rings is 2. The molecule has 5 nitrogen and oxygen atoms in total. The molecular formula is C23H29N3O2. The Morgan fingerprint density at radius 3 is 2.57 bits per heavy atom. The van der Waals surface area contributed by atoms with Gasteiger partial charge >= 0.3 is 0 Å². The van der Waals surface area contributed by atoms with Gasteiger partial charge in [0, 0.05) is 25.5 Å².